The molecule has 2 atom stereocenters. The predicted molar refractivity (Wildman–Crippen MR) is 113 cm³/mol. The lowest BCUT2D eigenvalue weighted by Gasteiger charge is -2.57. The molecule has 0 unspecified atom stereocenters. The van der Waals surface area contributed by atoms with Gasteiger partial charge in [0.05, 0.1) is 12.2 Å². The minimum Gasteiger partial charge on any atom is -0.337 e. The lowest BCUT2D eigenvalue weighted by atomic mass is 9.49. The number of likely N-dealkylation sites (tertiary alicyclic amines) is 2. The van der Waals surface area contributed by atoms with Gasteiger partial charge in [0.15, 0.2) is 5.69 Å². The predicted octanol–water partition coefficient (Wildman–Crippen LogP) is 3.53. The molecule has 3 aliphatic carbocycles. The third-order valence-corrected chi connectivity index (χ3v) is 8.29. The van der Waals surface area contributed by atoms with E-state index in [4.69, 9.17) is 0 Å². The van der Waals surface area contributed by atoms with E-state index in [9.17, 15) is 4.79 Å². The molecule has 0 N–H and O–H groups in total. The van der Waals surface area contributed by atoms with Crippen molar-refractivity contribution in [3.63, 3.8) is 0 Å². The van der Waals surface area contributed by atoms with Crippen LogP contribution in [-0.4, -0.2) is 63.4 Å². The number of rotatable bonds is 4. The minimum absolute atomic E-state index is 0.0547. The van der Waals surface area contributed by atoms with Crippen LogP contribution in [0.1, 0.15) is 75.3 Å². The zero-order valence-corrected chi connectivity index (χ0v) is 18.0. The number of fused-ring (bicyclic) bond motifs is 1. The molecule has 0 spiro atoms. The maximum Gasteiger partial charge on any atom is 0.276 e. The SMILES string of the molecule is CC1(C)[C@H]2CC=C(CN3CCC(n4cc(C(=O)N5CCCCC5)nn4)CC3)[C@@H]1C2. The molecule has 0 aromatic carbocycles. The zero-order valence-electron chi connectivity index (χ0n) is 18.0. The Morgan fingerprint density at radius 3 is 2.59 bits per heavy atom. The highest BCUT2D eigenvalue weighted by Gasteiger charge is 2.51. The highest BCUT2D eigenvalue weighted by atomic mass is 16.2. The molecule has 158 valence electrons. The average molecular weight is 398 g/mol. The summed E-state index contributed by atoms with van der Waals surface area (Å²) in [7, 11) is 0. The monoisotopic (exact) mass is 397 g/mol. The second-order valence-corrected chi connectivity index (χ2v) is 10.3. The molecular formula is C23H35N5O. The molecule has 1 aromatic rings. The summed E-state index contributed by atoms with van der Waals surface area (Å²) in [6.07, 6.45) is 12.7. The number of allylic oxidation sites excluding steroid dienone is 1. The quantitative estimate of drug-likeness (QED) is 0.730. The molecule has 1 aromatic heterocycles. The summed E-state index contributed by atoms with van der Waals surface area (Å²) in [6.45, 7) is 9.99. The molecule has 29 heavy (non-hydrogen) atoms. The van der Waals surface area contributed by atoms with Crippen molar-refractivity contribution in [2.45, 2.75) is 64.8 Å². The number of piperidine rings is 2. The first-order valence-electron chi connectivity index (χ1n) is 11.6. The van der Waals surface area contributed by atoms with Gasteiger partial charge in [-0.25, -0.2) is 4.68 Å². The number of carbonyl (C=O) groups is 1. The topological polar surface area (TPSA) is 54.3 Å². The van der Waals surface area contributed by atoms with Crippen LogP contribution in [0, 0.1) is 17.3 Å². The van der Waals surface area contributed by atoms with Crippen molar-refractivity contribution in [2.24, 2.45) is 17.3 Å². The Kier molecular flexibility index (Phi) is 5.01. The first-order chi connectivity index (χ1) is 14.0. The Morgan fingerprint density at radius 2 is 1.90 bits per heavy atom. The minimum atomic E-state index is 0.0547. The fourth-order valence-corrected chi connectivity index (χ4v) is 6.07. The van der Waals surface area contributed by atoms with Gasteiger partial charge in [0.1, 0.15) is 0 Å². The van der Waals surface area contributed by atoms with Crippen LogP contribution >= 0.6 is 0 Å². The van der Waals surface area contributed by atoms with Crippen molar-refractivity contribution in [3.8, 4) is 0 Å². The molecule has 2 aliphatic heterocycles. The Morgan fingerprint density at radius 1 is 1.14 bits per heavy atom. The fourth-order valence-electron chi connectivity index (χ4n) is 6.07. The molecule has 3 heterocycles. The van der Waals surface area contributed by atoms with Crippen molar-refractivity contribution in [1.29, 1.82) is 0 Å². The second kappa shape index (κ2) is 7.53. The number of amides is 1. The first-order valence-corrected chi connectivity index (χ1v) is 11.6. The third-order valence-electron chi connectivity index (χ3n) is 8.29. The molecule has 0 radical (unpaired) electrons. The summed E-state index contributed by atoms with van der Waals surface area (Å²) in [5.41, 5.74) is 2.72. The number of aromatic nitrogens is 3. The van der Waals surface area contributed by atoms with Gasteiger partial charge < -0.3 is 4.90 Å². The normalized spacial score (nSPS) is 30.0. The standard InChI is InChI=1S/C23H35N5O/c1-23(2)18-7-6-17(20(23)14-18)15-26-12-8-19(9-13-26)28-16-21(24-25-28)22(29)27-10-4-3-5-11-27/h6,16,18-20H,3-5,7-15H2,1-2H3/t18-,20-/m0/s1. The molecular weight excluding hydrogens is 362 g/mol. The van der Waals surface area contributed by atoms with Gasteiger partial charge in [-0.15, -0.1) is 5.10 Å². The van der Waals surface area contributed by atoms with Crippen molar-refractivity contribution < 1.29 is 4.79 Å². The summed E-state index contributed by atoms with van der Waals surface area (Å²) in [5.74, 6) is 1.77. The molecule has 2 bridgehead atoms. The Hall–Kier alpha value is -1.69. The van der Waals surface area contributed by atoms with Gasteiger partial charge in [-0.1, -0.05) is 30.7 Å². The van der Waals surface area contributed by atoms with E-state index in [-0.39, 0.29) is 5.91 Å². The van der Waals surface area contributed by atoms with Crippen LogP contribution in [0.3, 0.4) is 0 Å². The van der Waals surface area contributed by atoms with Gasteiger partial charge in [0.25, 0.3) is 5.91 Å². The van der Waals surface area contributed by atoms with Crippen LogP contribution < -0.4 is 0 Å². The fraction of sp³-hybridized carbons (Fsp3) is 0.783. The molecule has 1 amide bonds. The van der Waals surface area contributed by atoms with E-state index in [0.717, 1.165) is 70.2 Å². The van der Waals surface area contributed by atoms with Gasteiger partial charge in [-0.3, -0.25) is 9.69 Å². The molecule has 6 rings (SSSR count). The van der Waals surface area contributed by atoms with Gasteiger partial charge in [-0.2, -0.15) is 0 Å². The van der Waals surface area contributed by atoms with Crippen LogP contribution in [0.15, 0.2) is 17.8 Å². The highest BCUT2D eigenvalue weighted by Crippen LogP contribution is 2.59. The molecule has 6 heteroatoms. The number of nitrogens with zero attached hydrogens (tertiary/aromatic N) is 5. The van der Waals surface area contributed by atoms with Crippen LogP contribution in [0.4, 0.5) is 0 Å². The second-order valence-electron chi connectivity index (χ2n) is 10.3. The molecule has 2 saturated heterocycles. The van der Waals surface area contributed by atoms with E-state index in [1.165, 1.54) is 19.3 Å². The van der Waals surface area contributed by atoms with Crippen LogP contribution in [-0.2, 0) is 0 Å². The Labute approximate surface area is 174 Å². The average Bonchev–Trinajstić information content (AvgIpc) is 3.24. The van der Waals surface area contributed by atoms with E-state index >= 15 is 0 Å². The first kappa shape index (κ1) is 19.3. The van der Waals surface area contributed by atoms with Crippen LogP contribution in [0.25, 0.3) is 0 Å². The smallest absolute Gasteiger partial charge is 0.276 e. The largest absolute Gasteiger partial charge is 0.337 e. The number of hydrogen-bond donors (Lipinski definition) is 0. The van der Waals surface area contributed by atoms with Gasteiger partial charge >= 0.3 is 0 Å². The summed E-state index contributed by atoms with van der Waals surface area (Å²) >= 11 is 0. The van der Waals surface area contributed by atoms with Crippen LogP contribution in [0.5, 0.6) is 0 Å². The van der Waals surface area contributed by atoms with E-state index in [1.54, 1.807) is 5.57 Å². The van der Waals surface area contributed by atoms with E-state index in [1.807, 2.05) is 15.8 Å². The summed E-state index contributed by atoms with van der Waals surface area (Å²) < 4.78 is 1.95. The van der Waals surface area contributed by atoms with Crippen molar-refractivity contribution in [2.75, 3.05) is 32.7 Å². The van der Waals surface area contributed by atoms with E-state index in [2.05, 4.69) is 35.1 Å². The van der Waals surface area contributed by atoms with Gasteiger partial charge in [0.2, 0.25) is 0 Å². The maximum atomic E-state index is 12.7. The molecule has 1 saturated carbocycles. The van der Waals surface area contributed by atoms with Crippen molar-refractivity contribution in [3.05, 3.63) is 23.5 Å². The lowest BCUT2D eigenvalue weighted by molar-refractivity contribution is -0.0115. The number of carbonyl (C=O) groups excluding carboxylic acids is 1. The Balaban J connectivity index is 1.15. The van der Waals surface area contributed by atoms with Crippen molar-refractivity contribution in [1.82, 2.24) is 24.8 Å². The van der Waals surface area contributed by atoms with Gasteiger partial charge in [0, 0.05) is 32.7 Å². The maximum absolute atomic E-state index is 12.7. The van der Waals surface area contributed by atoms with Crippen LogP contribution in [0.2, 0.25) is 0 Å². The number of hydrogen-bond acceptors (Lipinski definition) is 4. The summed E-state index contributed by atoms with van der Waals surface area (Å²) in [5, 5.41) is 8.53. The molecule has 5 aliphatic rings. The lowest BCUT2D eigenvalue weighted by Crippen LogP contribution is -2.50. The van der Waals surface area contributed by atoms with Crippen molar-refractivity contribution >= 4 is 5.91 Å². The van der Waals surface area contributed by atoms with E-state index < -0.39 is 0 Å². The molecule has 6 nitrogen and oxygen atoms in total. The van der Waals surface area contributed by atoms with E-state index in [0.29, 0.717) is 17.2 Å². The van der Waals surface area contributed by atoms with Gasteiger partial charge in [-0.05, 0) is 62.2 Å². The highest BCUT2D eigenvalue weighted by molar-refractivity contribution is 5.91. The Bertz CT molecular complexity index is 783. The third kappa shape index (κ3) is 3.54. The molecule has 3 fully saturated rings. The summed E-state index contributed by atoms with van der Waals surface area (Å²) in [6, 6.07) is 0.367. The zero-order chi connectivity index (χ0) is 20.0. The summed E-state index contributed by atoms with van der Waals surface area (Å²) in [4.78, 5) is 17.2.